The highest BCUT2D eigenvalue weighted by molar-refractivity contribution is 5.89. The molecule has 2 aromatic rings. The van der Waals surface area contributed by atoms with Crippen LogP contribution in [0.5, 0.6) is 0 Å². The zero-order chi connectivity index (χ0) is 13.2. The van der Waals surface area contributed by atoms with Gasteiger partial charge in [0.05, 0.1) is 24.3 Å². The molecule has 0 saturated carbocycles. The molecule has 0 amide bonds. The smallest absolute Gasteiger partial charge is 0.140 e. The molecule has 2 atom stereocenters. The van der Waals surface area contributed by atoms with Crippen LogP contribution in [0.4, 0.5) is 5.82 Å². The Bertz CT molecular complexity index is 569. The van der Waals surface area contributed by atoms with Gasteiger partial charge >= 0.3 is 0 Å². The Morgan fingerprint density at radius 2 is 2.21 bits per heavy atom. The zero-order valence-electron chi connectivity index (χ0n) is 11.0. The fourth-order valence-electron chi connectivity index (χ4n) is 2.47. The summed E-state index contributed by atoms with van der Waals surface area (Å²) in [5, 5.41) is 1.08. The minimum atomic E-state index is 0.0740. The van der Waals surface area contributed by atoms with Gasteiger partial charge in [0.15, 0.2) is 0 Å². The van der Waals surface area contributed by atoms with Crippen LogP contribution in [0.2, 0.25) is 0 Å². The first-order chi connectivity index (χ1) is 9.29. The molecule has 1 saturated heterocycles. The molecule has 2 unspecified atom stereocenters. The third kappa shape index (κ3) is 2.27. The molecular formula is C14H18N4O. The summed E-state index contributed by atoms with van der Waals surface area (Å²) in [6.45, 7) is 4.13. The average Bonchev–Trinajstić information content (AvgIpc) is 2.47. The second-order valence-electron chi connectivity index (χ2n) is 4.91. The van der Waals surface area contributed by atoms with Crippen LogP contribution in [-0.4, -0.2) is 41.8 Å². The van der Waals surface area contributed by atoms with E-state index in [1.165, 1.54) is 0 Å². The Balaban J connectivity index is 2.02. The van der Waals surface area contributed by atoms with E-state index in [0.29, 0.717) is 19.2 Å². The second kappa shape index (κ2) is 5.11. The van der Waals surface area contributed by atoms with Gasteiger partial charge in [0.25, 0.3) is 0 Å². The summed E-state index contributed by atoms with van der Waals surface area (Å²) >= 11 is 0. The molecule has 2 N–H and O–H groups in total. The topological polar surface area (TPSA) is 64.3 Å². The third-order valence-corrected chi connectivity index (χ3v) is 3.56. The first-order valence-corrected chi connectivity index (χ1v) is 6.57. The number of fused-ring (bicyclic) bond motifs is 1. The molecule has 100 valence electrons. The van der Waals surface area contributed by atoms with Crippen molar-refractivity contribution in [1.82, 2.24) is 9.97 Å². The van der Waals surface area contributed by atoms with Crippen molar-refractivity contribution >= 4 is 16.7 Å². The number of para-hydroxylation sites is 1. The Morgan fingerprint density at radius 3 is 3.05 bits per heavy atom. The van der Waals surface area contributed by atoms with Crippen molar-refractivity contribution in [1.29, 1.82) is 0 Å². The van der Waals surface area contributed by atoms with E-state index in [0.717, 1.165) is 23.3 Å². The lowest BCUT2D eigenvalue weighted by Gasteiger charge is -2.38. The van der Waals surface area contributed by atoms with Gasteiger partial charge in [-0.25, -0.2) is 9.97 Å². The Kier molecular flexibility index (Phi) is 3.31. The third-order valence-electron chi connectivity index (χ3n) is 3.56. The highest BCUT2D eigenvalue weighted by Gasteiger charge is 2.27. The van der Waals surface area contributed by atoms with E-state index in [-0.39, 0.29) is 6.10 Å². The SMILES string of the molecule is CC1COC(CN)CN1c1ncnc2ccccc12. The molecule has 1 aromatic carbocycles. The number of anilines is 1. The summed E-state index contributed by atoms with van der Waals surface area (Å²) in [7, 11) is 0. The molecule has 5 heteroatoms. The van der Waals surface area contributed by atoms with Crippen LogP contribution in [0.15, 0.2) is 30.6 Å². The van der Waals surface area contributed by atoms with E-state index in [4.69, 9.17) is 10.5 Å². The summed E-state index contributed by atoms with van der Waals surface area (Å²) in [6.07, 6.45) is 1.70. The van der Waals surface area contributed by atoms with Crippen molar-refractivity contribution in [3.8, 4) is 0 Å². The predicted octanol–water partition coefficient (Wildman–Crippen LogP) is 1.18. The maximum absolute atomic E-state index is 5.72. The molecule has 19 heavy (non-hydrogen) atoms. The van der Waals surface area contributed by atoms with Gasteiger partial charge in [-0.2, -0.15) is 0 Å². The second-order valence-corrected chi connectivity index (χ2v) is 4.91. The van der Waals surface area contributed by atoms with E-state index in [2.05, 4.69) is 27.9 Å². The molecule has 1 aliphatic heterocycles. The number of morpholine rings is 1. The van der Waals surface area contributed by atoms with Gasteiger partial charge in [-0.15, -0.1) is 0 Å². The van der Waals surface area contributed by atoms with Gasteiger partial charge in [-0.05, 0) is 19.1 Å². The van der Waals surface area contributed by atoms with E-state index in [1.54, 1.807) is 6.33 Å². The van der Waals surface area contributed by atoms with Crippen LogP contribution in [0, 0.1) is 0 Å². The first-order valence-electron chi connectivity index (χ1n) is 6.57. The van der Waals surface area contributed by atoms with Crippen LogP contribution in [0.3, 0.4) is 0 Å². The number of benzene rings is 1. The number of nitrogens with two attached hydrogens (primary N) is 1. The number of nitrogens with zero attached hydrogens (tertiary/aromatic N) is 3. The maximum atomic E-state index is 5.72. The predicted molar refractivity (Wildman–Crippen MR) is 75.1 cm³/mol. The fraction of sp³-hybridized carbons (Fsp3) is 0.429. The van der Waals surface area contributed by atoms with Crippen molar-refractivity contribution in [2.75, 3.05) is 24.6 Å². The summed E-state index contributed by atoms with van der Waals surface area (Å²) < 4.78 is 5.69. The summed E-state index contributed by atoms with van der Waals surface area (Å²) in [4.78, 5) is 11.0. The number of aromatic nitrogens is 2. The largest absolute Gasteiger partial charge is 0.373 e. The summed E-state index contributed by atoms with van der Waals surface area (Å²) in [5.41, 5.74) is 6.69. The lowest BCUT2D eigenvalue weighted by atomic mass is 10.1. The van der Waals surface area contributed by atoms with E-state index < -0.39 is 0 Å². The van der Waals surface area contributed by atoms with Crippen molar-refractivity contribution < 1.29 is 4.74 Å². The van der Waals surface area contributed by atoms with Crippen LogP contribution >= 0.6 is 0 Å². The molecule has 2 heterocycles. The standard InChI is InChI=1S/C14H18N4O/c1-10-8-19-11(6-15)7-18(10)14-12-4-2-3-5-13(12)16-9-17-14/h2-5,9-11H,6-8,15H2,1H3. The van der Waals surface area contributed by atoms with Crippen molar-refractivity contribution in [2.45, 2.75) is 19.1 Å². The zero-order valence-corrected chi connectivity index (χ0v) is 11.0. The van der Waals surface area contributed by atoms with Crippen LogP contribution in [0.1, 0.15) is 6.92 Å². The number of hydrogen-bond acceptors (Lipinski definition) is 5. The summed E-state index contributed by atoms with van der Waals surface area (Å²) in [6, 6.07) is 8.36. The van der Waals surface area contributed by atoms with Gasteiger partial charge < -0.3 is 15.4 Å². The van der Waals surface area contributed by atoms with Gasteiger partial charge in [0.2, 0.25) is 0 Å². The Morgan fingerprint density at radius 1 is 1.37 bits per heavy atom. The van der Waals surface area contributed by atoms with Crippen molar-refractivity contribution in [2.24, 2.45) is 5.73 Å². The quantitative estimate of drug-likeness (QED) is 0.876. The molecule has 5 nitrogen and oxygen atoms in total. The van der Waals surface area contributed by atoms with Gasteiger partial charge in [0, 0.05) is 18.5 Å². The molecule has 3 rings (SSSR count). The van der Waals surface area contributed by atoms with Crippen molar-refractivity contribution in [3.05, 3.63) is 30.6 Å². The minimum Gasteiger partial charge on any atom is -0.373 e. The minimum absolute atomic E-state index is 0.0740. The molecule has 1 fully saturated rings. The van der Waals surface area contributed by atoms with Crippen LogP contribution < -0.4 is 10.6 Å². The molecule has 0 radical (unpaired) electrons. The van der Waals surface area contributed by atoms with Crippen LogP contribution in [0.25, 0.3) is 10.9 Å². The molecular weight excluding hydrogens is 240 g/mol. The monoisotopic (exact) mass is 258 g/mol. The maximum Gasteiger partial charge on any atom is 0.140 e. The Labute approximate surface area is 112 Å². The molecule has 0 bridgehead atoms. The summed E-state index contributed by atoms with van der Waals surface area (Å²) in [5.74, 6) is 0.972. The number of ether oxygens (including phenoxy) is 1. The van der Waals surface area contributed by atoms with Gasteiger partial charge in [-0.3, -0.25) is 0 Å². The molecule has 0 spiro atoms. The molecule has 0 aliphatic carbocycles. The number of hydrogen-bond donors (Lipinski definition) is 1. The normalized spacial score (nSPS) is 23.8. The van der Waals surface area contributed by atoms with Gasteiger partial charge in [0.1, 0.15) is 12.1 Å². The first kappa shape index (κ1) is 12.3. The fourth-order valence-corrected chi connectivity index (χ4v) is 2.47. The average molecular weight is 258 g/mol. The van der Waals surface area contributed by atoms with Crippen LogP contribution in [-0.2, 0) is 4.74 Å². The van der Waals surface area contributed by atoms with E-state index in [1.807, 2.05) is 18.2 Å². The highest BCUT2D eigenvalue weighted by atomic mass is 16.5. The van der Waals surface area contributed by atoms with E-state index in [9.17, 15) is 0 Å². The Hall–Kier alpha value is -1.72. The van der Waals surface area contributed by atoms with Crippen molar-refractivity contribution in [3.63, 3.8) is 0 Å². The molecule has 1 aliphatic rings. The highest BCUT2D eigenvalue weighted by Crippen LogP contribution is 2.26. The van der Waals surface area contributed by atoms with E-state index >= 15 is 0 Å². The van der Waals surface area contributed by atoms with Gasteiger partial charge in [-0.1, -0.05) is 12.1 Å². The lowest BCUT2D eigenvalue weighted by Crippen LogP contribution is -2.51. The lowest BCUT2D eigenvalue weighted by molar-refractivity contribution is 0.0281. The number of rotatable bonds is 2. The molecule has 1 aromatic heterocycles.